The molecule has 2 aliphatic heterocycles. The lowest BCUT2D eigenvalue weighted by molar-refractivity contribution is 1.04. The van der Waals surface area contributed by atoms with Crippen LogP contribution in [0.4, 0.5) is 11.4 Å². The van der Waals surface area contributed by atoms with E-state index in [2.05, 4.69) is 40.7 Å². The first-order chi connectivity index (χ1) is 5.95. The van der Waals surface area contributed by atoms with Crippen LogP contribution in [-0.4, -0.2) is 6.67 Å². The van der Waals surface area contributed by atoms with Crippen LogP contribution in [-0.2, 0) is 6.42 Å². The second kappa shape index (κ2) is 2.03. The topological polar surface area (TPSA) is 15.3 Å². The van der Waals surface area contributed by atoms with Crippen molar-refractivity contribution in [1.82, 2.24) is 0 Å². The molecule has 0 saturated carbocycles. The van der Waals surface area contributed by atoms with Gasteiger partial charge in [0.25, 0.3) is 0 Å². The zero-order valence-electron chi connectivity index (χ0n) is 6.75. The highest BCUT2D eigenvalue weighted by atomic mass is 15.3. The molecule has 60 valence electrons. The quantitative estimate of drug-likeness (QED) is 0.620. The SMILES string of the molecule is C1=CN2CNc3cccc(c32)C1. The summed E-state index contributed by atoms with van der Waals surface area (Å²) in [6, 6.07) is 6.45. The Morgan fingerprint density at radius 3 is 3.33 bits per heavy atom. The summed E-state index contributed by atoms with van der Waals surface area (Å²) in [7, 11) is 0. The highest BCUT2D eigenvalue weighted by molar-refractivity contribution is 5.80. The summed E-state index contributed by atoms with van der Waals surface area (Å²) in [5.41, 5.74) is 4.08. The van der Waals surface area contributed by atoms with E-state index >= 15 is 0 Å². The van der Waals surface area contributed by atoms with Crippen LogP contribution in [0.1, 0.15) is 5.56 Å². The monoisotopic (exact) mass is 158 g/mol. The molecule has 0 fully saturated rings. The fraction of sp³-hybridized carbons (Fsp3) is 0.200. The predicted molar refractivity (Wildman–Crippen MR) is 50.3 cm³/mol. The van der Waals surface area contributed by atoms with Gasteiger partial charge in [0.05, 0.1) is 18.0 Å². The number of benzene rings is 1. The molecule has 0 spiro atoms. The normalized spacial score (nSPS) is 17.5. The number of anilines is 2. The second-order valence-corrected chi connectivity index (χ2v) is 3.21. The molecule has 0 radical (unpaired) electrons. The van der Waals surface area contributed by atoms with Gasteiger partial charge in [0, 0.05) is 6.20 Å². The molecule has 0 aliphatic carbocycles. The van der Waals surface area contributed by atoms with Gasteiger partial charge in [-0.1, -0.05) is 18.2 Å². The second-order valence-electron chi connectivity index (χ2n) is 3.21. The van der Waals surface area contributed by atoms with Gasteiger partial charge in [0.15, 0.2) is 0 Å². The van der Waals surface area contributed by atoms with Crippen LogP contribution >= 0.6 is 0 Å². The number of rotatable bonds is 0. The standard InChI is InChI=1S/C10H10N2/c1-3-8-4-2-6-12-7-11-9(5-1)10(8)12/h1-3,5-6,11H,4,7H2. The zero-order chi connectivity index (χ0) is 7.97. The van der Waals surface area contributed by atoms with Gasteiger partial charge in [0.2, 0.25) is 0 Å². The maximum Gasteiger partial charge on any atom is 0.0920 e. The van der Waals surface area contributed by atoms with E-state index in [0.29, 0.717) is 0 Å². The third kappa shape index (κ3) is 0.644. The molecule has 1 aromatic carbocycles. The van der Waals surface area contributed by atoms with E-state index in [9.17, 15) is 0 Å². The first-order valence-electron chi connectivity index (χ1n) is 4.24. The maximum atomic E-state index is 3.36. The van der Waals surface area contributed by atoms with Crippen molar-refractivity contribution >= 4 is 11.4 Å². The van der Waals surface area contributed by atoms with Crippen LogP contribution in [0.3, 0.4) is 0 Å². The molecule has 0 saturated heterocycles. The minimum atomic E-state index is 0.919. The lowest BCUT2D eigenvalue weighted by Gasteiger charge is -2.19. The van der Waals surface area contributed by atoms with Crippen LogP contribution in [0.25, 0.3) is 0 Å². The molecule has 0 amide bonds. The van der Waals surface area contributed by atoms with E-state index in [1.165, 1.54) is 16.9 Å². The molecule has 0 bridgehead atoms. The Morgan fingerprint density at radius 1 is 1.33 bits per heavy atom. The number of hydrogen-bond acceptors (Lipinski definition) is 2. The van der Waals surface area contributed by atoms with Crippen molar-refractivity contribution in [2.24, 2.45) is 0 Å². The molecule has 2 nitrogen and oxygen atoms in total. The Balaban J connectivity index is 2.28. The molecule has 0 unspecified atom stereocenters. The fourth-order valence-electron chi connectivity index (χ4n) is 1.92. The molecule has 2 aliphatic rings. The van der Waals surface area contributed by atoms with E-state index in [-0.39, 0.29) is 0 Å². The average Bonchev–Trinajstić information content (AvgIpc) is 2.52. The number of para-hydroxylation sites is 1. The van der Waals surface area contributed by atoms with Gasteiger partial charge in [0.1, 0.15) is 0 Å². The van der Waals surface area contributed by atoms with Crippen molar-refractivity contribution in [3.63, 3.8) is 0 Å². The summed E-state index contributed by atoms with van der Waals surface area (Å²) in [5, 5.41) is 3.36. The molecule has 1 N–H and O–H groups in total. The minimum Gasteiger partial charge on any atom is -0.366 e. The van der Waals surface area contributed by atoms with E-state index in [4.69, 9.17) is 0 Å². The minimum absolute atomic E-state index is 0.919. The zero-order valence-corrected chi connectivity index (χ0v) is 6.75. The third-order valence-corrected chi connectivity index (χ3v) is 2.47. The van der Waals surface area contributed by atoms with Gasteiger partial charge < -0.3 is 10.2 Å². The fourth-order valence-corrected chi connectivity index (χ4v) is 1.92. The molecule has 2 heteroatoms. The highest BCUT2D eigenvalue weighted by Gasteiger charge is 2.21. The molecule has 3 rings (SSSR count). The van der Waals surface area contributed by atoms with Gasteiger partial charge in [-0.15, -0.1) is 0 Å². The average molecular weight is 158 g/mol. The van der Waals surface area contributed by atoms with Gasteiger partial charge >= 0.3 is 0 Å². The Labute approximate surface area is 71.5 Å². The van der Waals surface area contributed by atoms with Crippen molar-refractivity contribution in [2.75, 3.05) is 16.9 Å². The summed E-state index contributed by atoms with van der Waals surface area (Å²) in [4.78, 5) is 2.26. The van der Waals surface area contributed by atoms with Gasteiger partial charge in [-0.3, -0.25) is 0 Å². The molecule has 2 heterocycles. The molecular weight excluding hydrogens is 148 g/mol. The van der Waals surface area contributed by atoms with Gasteiger partial charge in [-0.2, -0.15) is 0 Å². The van der Waals surface area contributed by atoms with E-state index in [1.54, 1.807) is 0 Å². The largest absolute Gasteiger partial charge is 0.366 e. The molecule has 1 aromatic rings. The predicted octanol–water partition coefficient (Wildman–Crippen LogP) is 1.95. The van der Waals surface area contributed by atoms with Crippen molar-refractivity contribution in [1.29, 1.82) is 0 Å². The smallest absolute Gasteiger partial charge is 0.0920 e. The van der Waals surface area contributed by atoms with Crippen molar-refractivity contribution in [3.05, 3.63) is 36.0 Å². The van der Waals surface area contributed by atoms with Crippen LogP contribution < -0.4 is 10.2 Å². The summed E-state index contributed by atoms with van der Waals surface area (Å²) in [6.07, 6.45) is 5.44. The van der Waals surface area contributed by atoms with Crippen LogP contribution in [0.5, 0.6) is 0 Å². The summed E-state index contributed by atoms with van der Waals surface area (Å²) in [5.74, 6) is 0. The summed E-state index contributed by atoms with van der Waals surface area (Å²) >= 11 is 0. The number of nitrogens with zero attached hydrogens (tertiary/aromatic N) is 1. The van der Waals surface area contributed by atoms with Crippen LogP contribution in [0.15, 0.2) is 30.5 Å². The molecule has 12 heavy (non-hydrogen) atoms. The van der Waals surface area contributed by atoms with E-state index in [1.807, 2.05) is 0 Å². The van der Waals surface area contributed by atoms with E-state index in [0.717, 1.165) is 13.1 Å². The van der Waals surface area contributed by atoms with Gasteiger partial charge in [-0.25, -0.2) is 0 Å². The third-order valence-electron chi connectivity index (χ3n) is 2.47. The van der Waals surface area contributed by atoms with Crippen molar-refractivity contribution < 1.29 is 0 Å². The van der Waals surface area contributed by atoms with E-state index < -0.39 is 0 Å². The Bertz CT molecular complexity index is 355. The Hall–Kier alpha value is -1.44. The molecular formula is C10H10N2. The lowest BCUT2D eigenvalue weighted by atomic mass is 10.1. The van der Waals surface area contributed by atoms with Crippen LogP contribution in [0.2, 0.25) is 0 Å². The molecule has 0 aromatic heterocycles. The Kier molecular flexibility index (Phi) is 1.04. The highest BCUT2D eigenvalue weighted by Crippen LogP contribution is 2.37. The number of allylic oxidation sites excluding steroid dienone is 1. The Morgan fingerprint density at radius 2 is 2.33 bits per heavy atom. The van der Waals surface area contributed by atoms with Crippen molar-refractivity contribution in [3.8, 4) is 0 Å². The van der Waals surface area contributed by atoms with Gasteiger partial charge in [-0.05, 0) is 18.1 Å². The maximum absolute atomic E-state index is 3.36. The van der Waals surface area contributed by atoms with Crippen LogP contribution in [0, 0.1) is 0 Å². The first-order valence-corrected chi connectivity index (χ1v) is 4.24. The summed E-state index contributed by atoms with van der Waals surface area (Å²) in [6.45, 7) is 0.919. The van der Waals surface area contributed by atoms with Crippen molar-refractivity contribution in [2.45, 2.75) is 6.42 Å². The number of nitrogens with one attached hydrogen (secondary N) is 1. The number of hydrogen-bond donors (Lipinski definition) is 1. The summed E-state index contributed by atoms with van der Waals surface area (Å²) < 4.78 is 0. The lowest BCUT2D eigenvalue weighted by Crippen LogP contribution is -2.18. The molecule has 0 atom stereocenters. The first kappa shape index (κ1) is 6.12.